The fourth-order valence-corrected chi connectivity index (χ4v) is 3.10. The standard InChI is InChI=1S/C12H17ClN2O4S2/c1-18-6-7-19-5-4-15-21(16,17)11-8-9(12(14)20)2-3-10(11)13/h2-3,8,15H,4-7H2,1H3,(H2,14,20). The van der Waals surface area contributed by atoms with Crippen LogP contribution in [0.15, 0.2) is 23.1 Å². The molecule has 0 bridgehead atoms. The van der Waals surface area contributed by atoms with Gasteiger partial charge in [-0.15, -0.1) is 0 Å². The maximum absolute atomic E-state index is 12.2. The predicted molar refractivity (Wildman–Crippen MR) is 85.2 cm³/mol. The summed E-state index contributed by atoms with van der Waals surface area (Å²) >= 11 is 10.7. The summed E-state index contributed by atoms with van der Waals surface area (Å²) in [7, 11) is -2.19. The molecule has 6 nitrogen and oxygen atoms in total. The Kier molecular flexibility index (Phi) is 7.50. The number of hydrogen-bond donors (Lipinski definition) is 2. The molecule has 0 aliphatic rings. The van der Waals surface area contributed by atoms with Crippen molar-refractivity contribution in [2.24, 2.45) is 5.73 Å². The first-order chi connectivity index (χ1) is 9.88. The van der Waals surface area contributed by atoms with Gasteiger partial charge in [-0.25, -0.2) is 13.1 Å². The van der Waals surface area contributed by atoms with Crippen LogP contribution in [0.3, 0.4) is 0 Å². The average Bonchev–Trinajstić information content (AvgIpc) is 2.42. The molecular weight excluding hydrogens is 336 g/mol. The third-order valence-electron chi connectivity index (χ3n) is 2.48. The Balaban J connectivity index is 2.70. The molecule has 118 valence electrons. The molecule has 3 N–H and O–H groups in total. The Bertz CT molecular complexity index is 593. The van der Waals surface area contributed by atoms with Crippen LogP contribution < -0.4 is 10.5 Å². The van der Waals surface area contributed by atoms with Crippen molar-refractivity contribution in [2.45, 2.75) is 4.90 Å². The summed E-state index contributed by atoms with van der Waals surface area (Å²) in [6, 6.07) is 4.36. The highest BCUT2D eigenvalue weighted by Crippen LogP contribution is 2.22. The van der Waals surface area contributed by atoms with Gasteiger partial charge in [-0.05, 0) is 12.1 Å². The van der Waals surface area contributed by atoms with Crippen LogP contribution in [-0.2, 0) is 19.5 Å². The lowest BCUT2D eigenvalue weighted by molar-refractivity contribution is 0.0736. The lowest BCUT2D eigenvalue weighted by Gasteiger charge is -2.10. The molecule has 0 aromatic heterocycles. The molecule has 0 aliphatic carbocycles. The second-order valence-corrected chi connectivity index (χ2v) is 6.59. The van der Waals surface area contributed by atoms with Crippen LogP contribution in [0.25, 0.3) is 0 Å². The Morgan fingerprint density at radius 1 is 1.38 bits per heavy atom. The molecule has 9 heteroatoms. The number of nitrogens with one attached hydrogen (secondary N) is 1. The molecule has 0 aliphatic heterocycles. The van der Waals surface area contributed by atoms with Crippen molar-refractivity contribution in [1.82, 2.24) is 4.72 Å². The van der Waals surface area contributed by atoms with Gasteiger partial charge in [0.1, 0.15) is 9.88 Å². The Morgan fingerprint density at radius 2 is 2.10 bits per heavy atom. The normalized spacial score (nSPS) is 11.5. The number of sulfonamides is 1. The van der Waals surface area contributed by atoms with Crippen molar-refractivity contribution >= 4 is 38.8 Å². The van der Waals surface area contributed by atoms with E-state index in [0.717, 1.165) is 0 Å². The summed E-state index contributed by atoms with van der Waals surface area (Å²) in [4.78, 5) is 0.0392. The van der Waals surface area contributed by atoms with Crippen molar-refractivity contribution in [3.8, 4) is 0 Å². The van der Waals surface area contributed by atoms with Crippen molar-refractivity contribution in [2.75, 3.05) is 33.5 Å². The van der Waals surface area contributed by atoms with Crippen molar-refractivity contribution < 1.29 is 17.9 Å². The highest BCUT2D eigenvalue weighted by Gasteiger charge is 2.18. The molecule has 0 fully saturated rings. The second-order valence-electron chi connectivity index (χ2n) is 4.01. The Labute approximate surface area is 134 Å². The zero-order valence-corrected chi connectivity index (χ0v) is 13.9. The zero-order chi connectivity index (χ0) is 15.9. The summed E-state index contributed by atoms with van der Waals surface area (Å²) in [6.07, 6.45) is 0. The van der Waals surface area contributed by atoms with Crippen molar-refractivity contribution in [1.29, 1.82) is 0 Å². The third kappa shape index (κ3) is 5.85. The molecule has 0 atom stereocenters. The number of nitrogens with two attached hydrogens (primary N) is 1. The molecule has 1 aromatic carbocycles. The van der Waals surface area contributed by atoms with Gasteiger partial charge in [-0.3, -0.25) is 0 Å². The molecule has 0 saturated carbocycles. The minimum atomic E-state index is -3.75. The number of thiocarbonyl (C=S) groups is 1. The van der Waals surface area contributed by atoms with E-state index in [1.54, 1.807) is 13.2 Å². The van der Waals surface area contributed by atoms with Crippen LogP contribution in [0.4, 0.5) is 0 Å². The molecule has 1 rings (SSSR count). The lowest BCUT2D eigenvalue weighted by atomic mass is 10.2. The van der Waals surface area contributed by atoms with Crippen LogP contribution >= 0.6 is 23.8 Å². The molecular formula is C12H17ClN2O4S2. The minimum absolute atomic E-state index is 0.0636. The van der Waals surface area contributed by atoms with Crippen molar-refractivity contribution in [3.63, 3.8) is 0 Å². The number of benzene rings is 1. The summed E-state index contributed by atoms with van der Waals surface area (Å²) < 4.78 is 36.7. The minimum Gasteiger partial charge on any atom is -0.389 e. The summed E-state index contributed by atoms with van der Waals surface area (Å²) in [5.41, 5.74) is 5.92. The van der Waals surface area contributed by atoms with E-state index < -0.39 is 10.0 Å². The predicted octanol–water partition coefficient (Wildman–Crippen LogP) is 0.916. The van der Waals surface area contributed by atoms with Gasteiger partial charge in [0.15, 0.2) is 0 Å². The summed E-state index contributed by atoms with van der Waals surface area (Å²) in [6.45, 7) is 1.21. The molecule has 21 heavy (non-hydrogen) atoms. The zero-order valence-electron chi connectivity index (χ0n) is 11.5. The van der Waals surface area contributed by atoms with E-state index in [-0.39, 0.29) is 28.1 Å². The third-order valence-corrected chi connectivity index (χ3v) is 4.65. The van der Waals surface area contributed by atoms with Crippen LogP contribution in [0.2, 0.25) is 5.02 Å². The van der Waals surface area contributed by atoms with Gasteiger partial charge >= 0.3 is 0 Å². The molecule has 0 amide bonds. The Morgan fingerprint density at radius 3 is 2.71 bits per heavy atom. The van der Waals surface area contributed by atoms with Crippen LogP contribution in [0, 0.1) is 0 Å². The molecule has 0 radical (unpaired) electrons. The van der Waals surface area contributed by atoms with Gasteiger partial charge in [0.25, 0.3) is 0 Å². The van der Waals surface area contributed by atoms with Crippen LogP contribution in [0.1, 0.15) is 5.56 Å². The molecule has 1 aromatic rings. The van der Waals surface area contributed by atoms with E-state index in [1.807, 2.05) is 0 Å². The van der Waals surface area contributed by atoms with E-state index >= 15 is 0 Å². The molecule has 0 saturated heterocycles. The summed E-state index contributed by atoms with van der Waals surface area (Å²) in [5.74, 6) is 0. The van der Waals surface area contributed by atoms with E-state index in [2.05, 4.69) is 4.72 Å². The molecule has 0 heterocycles. The van der Waals surface area contributed by atoms with Gasteiger partial charge in [-0.2, -0.15) is 0 Å². The first kappa shape index (κ1) is 18.3. The van der Waals surface area contributed by atoms with Gasteiger partial charge in [0, 0.05) is 19.2 Å². The number of halogens is 1. The smallest absolute Gasteiger partial charge is 0.242 e. The number of ether oxygens (including phenoxy) is 2. The topological polar surface area (TPSA) is 90.6 Å². The highest BCUT2D eigenvalue weighted by molar-refractivity contribution is 7.89. The van der Waals surface area contributed by atoms with Crippen LogP contribution in [0.5, 0.6) is 0 Å². The Hall–Kier alpha value is -0.770. The first-order valence-corrected chi connectivity index (χ1v) is 8.31. The SMILES string of the molecule is COCCOCCNS(=O)(=O)c1cc(C(N)=S)ccc1Cl. The first-order valence-electron chi connectivity index (χ1n) is 6.04. The summed E-state index contributed by atoms with van der Waals surface area (Å²) in [5, 5.41) is 0.0998. The largest absolute Gasteiger partial charge is 0.389 e. The van der Waals surface area contributed by atoms with Gasteiger partial charge < -0.3 is 15.2 Å². The average molecular weight is 353 g/mol. The lowest BCUT2D eigenvalue weighted by Crippen LogP contribution is -2.28. The monoisotopic (exact) mass is 352 g/mol. The fraction of sp³-hybridized carbons (Fsp3) is 0.417. The van der Waals surface area contributed by atoms with E-state index in [4.69, 9.17) is 39.0 Å². The number of rotatable bonds is 9. The maximum atomic E-state index is 12.2. The molecule has 0 unspecified atom stereocenters. The van der Waals surface area contributed by atoms with E-state index in [1.165, 1.54) is 12.1 Å². The quantitative estimate of drug-likeness (QED) is 0.507. The van der Waals surface area contributed by atoms with E-state index in [0.29, 0.717) is 18.8 Å². The van der Waals surface area contributed by atoms with Crippen LogP contribution in [-0.4, -0.2) is 46.9 Å². The van der Waals surface area contributed by atoms with Gasteiger partial charge in [0.2, 0.25) is 10.0 Å². The maximum Gasteiger partial charge on any atom is 0.242 e. The highest BCUT2D eigenvalue weighted by atomic mass is 35.5. The van der Waals surface area contributed by atoms with Crippen molar-refractivity contribution in [3.05, 3.63) is 28.8 Å². The van der Waals surface area contributed by atoms with E-state index in [9.17, 15) is 8.42 Å². The second kappa shape index (κ2) is 8.62. The van der Waals surface area contributed by atoms with Gasteiger partial charge in [-0.1, -0.05) is 29.9 Å². The number of methoxy groups -OCH3 is 1. The van der Waals surface area contributed by atoms with Gasteiger partial charge in [0.05, 0.1) is 24.8 Å². The number of hydrogen-bond acceptors (Lipinski definition) is 5. The fourth-order valence-electron chi connectivity index (χ4n) is 1.43. The molecule has 0 spiro atoms.